The third-order valence-corrected chi connectivity index (χ3v) is 4.78. The van der Waals surface area contributed by atoms with Crippen LogP contribution >= 0.6 is 0 Å². The van der Waals surface area contributed by atoms with Crippen molar-refractivity contribution in [2.45, 2.75) is 45.4 Å². The first-order valence-electron chi connectivity index (χ1n) is 11.8. The molecule has 194 valence electrons. The van der Waals surface area contributed by atoms with Crippen LogP contribution in [0.2, 0.25) is 0 Å². The third kappa shape index (κ3) is 17.8. The van der Waals surface area contributed by atoms with E-state index in [9.17, 15) is 24.0 Å². The average Bonchev–Trinajstić information content (AvgIpc) is 2.85. The number of carbonyl (C=O) groups is 5. The van der Waals surface area contributed by atoms with Crippen LogP contribution in [0.5, 0.6) is 5.75 Å². The number of rotatable bonds is 17. The number of Topliss-reactive ketones (excluding diaryl/α,β-unsaturated/α-hetero) is 1. The molecular formula is C26H39N3O6. The highest BCUT2D eigenvalue weighted by Crippen LogP contribution is 2.13. The van der Waals surface area contributed by atoms with Gasteiger partial charge in [-0.2, -0.15) is 0 Å². The number of ketones is 1. The van der Waals surface area contributed by atoms with Crippen molar-refractivity contribution in [3.63, 3.8) is 0 Å². The summed E-state index contributed by atoms with van der Waals surface area (Å²) in [5, 5.41) is 5.77. The molecule has 1 rings (SSSR count). The Balaban J connectivity index is 0.000000691. The van der Waals surface area contributed by atoms with Crippen LogP contribution in [0, 0.1) is 0 Å². The Kier molecular flexibility index (Phi) is 19.2. The molecule has 0 atom stereocenters. The lowest BCUT2D eigenvalue weighted by Crippen LogP contribution is -2.30. The fourth-order valence-corrected chi connectivity index (χ4v) is 2.74. The number of unbranched alkanes of at least 4 members (excludes halogenated alkanes) is 3. The number of benzene rings is 1. The molecule has 0 aliphatic carbocycles. The molecule has 2 amide bonds. The molecule has 0 fully saturated rings. The fraction of sp³-hybridized carbons (Fsp3) is 0.500. The standard InChI is InChI=1S/C15H22N2O3.C11H17NO3/c1-12(18)13-5-7-14(8-6-13)20-11-3-4-15(19)17-10-9-16-2;1-12(11(15)7-6-10-14)8-4-2-3-5-9-13/h5-8,16H,3-4,9-11H2,1-2H3,(H,17,19);6-7,9-10H,2-5,8H2,1H3/b;7-6-. The number of ether oxygens (including phenoxy) is 1. The molecule has 0 bridgehead atoms. The van der Waals surface area contributed by atoms with Crippen molar-refractivity contribution in [3.05, 3.63) is 42.0 Å². The van der Waals surface area contributed by atoms with E-state index < -0.39 is 0 Å². The van der Waals surface area contributed by atoms with Gasteiger partial charge in [-0.05, 0) is 63.6 Å². The molecular weight excluding hydrogens is 450 g/mol. The molecule has 0 unspecified atom stereocenters. The smallest absolute Gasteiger partial charge is 0.246 e. The number of aldehydes is 2. The maximum Gasteiger partial charge on any atom is 0.246 e. The minimum atomic E-state index is -0.169. The van der Waals surface area contributed by atoms with E-state index in [2.05, 4.69) is 10.6 Å². The zero-order valence-electron chi connectivity index (χ0n) is 21.1. The number of amides is 2. The first kappa shape index (κ1) is 31.7. The van der Waals surface area contributed by atoms with Gasteiger partial charge in [0.1, 0.15) is 18.3 Å². The molecule has 0 aromatic heterocycles. The number of hydrogen-bond donors (Lipinski definition) is 2. The summed E-state index contributed by atoms with van der Waals surface area (Å²) in [6.07, 6.45) is 8.31. The van der Waals surface area contributed by atoms with E-state index in [0.29, 0.717) is 56.6 Å². The molecule has 0 heterocycles. The predicted octanol–water partition coefficient (Wildman–Crippen LogP) is 2.34. The van der Waals surface area contributed by atoms with E-state index in [0.717, 1.165) is 32.1 Å². The molecule has 1 aromatic rings. The molecule has 0 aliphatic heterocycles. The van der Waals surface area contributed by atoms with Gasteiger partial charge in [0, 0.05) is 51.2 Å². The molecule has 9 nitrogen and oxygen atoms in total. The highest BCUT2D eigenvalue weighted by atomic mass is 16.5. The van der Waals surface area contributed by atoms with Gasteiger partial charge in [-0.25, -0.2) is 0 Å². The van der Waals surface area contributed by atoms with Crippen LogP contribution in [-0.4, -0.2) is 75.4 Å². The topological polar surface area (TPSA) is 122 Å². The summed E-state index contributed by atoms with van der Waals surface area (Å²) < 4.78 is 5.51. The summed E-state index contributed by atoms with van der Waals surface area (Å²) in [6, 6.07) is 7.01. The van der Waals surface area contributed by atoms with Gasteiger partial charge in [0.15, 0.2) is 5.78 Å². The normalized spacial score (nSPS) is 10.1. The zero-order chi connectivity index (χ0) is 26.3. The minimum Gasteiger partial charge on any atom is -0.494 e. The van der Waals surface area contributed by atoms with Crippen LogP contribution < -0.4 is 15.4 Å². The van der Waals surface area contributed by atoms with Crippen LogP contribution in [0.15, 0.2) is 36.4 Å². The predicted molar refractivity (Wildman–Crippen MR) is 135 cm³/mol. The number of allylic oxidation sites excluding steroid dienone is 1. The summed E-state index contributed by atoms with van der Waals surface area (Å²) in [5.74, 6) is 0.619. The highest BCUT2D eigenvalue weighted by Gasteiger charge is 2.04. The van der Waals surface area contributed by atoms with Crippen molar-refractivity contribution in [2.24, 2.45) is 0 Å². The van der Waals surface area contributed by atoms with E-state index in [1.165, 1.54) is 19.1 Å². The molecule has 0 saturated heterocycles. The Morgan fingerprint density at radius 1 is 1.00 bits per heavy atom. The molecule has 0 spiro atoms. The van der Waals surface area contributed by atoms with Crippen molar-refractivity contribution in [1.29, 1.82) is 0 Å². The van der Waals surface area contributed by atoms with Gasteiger partial charge in [-0.1, -0.05) is 6.42 Å². The highest BCUT2D eigenvalue weighted by molar-refractivity contribution is 5.94. The Hall–Kier alpha value is -3.33. The van der Waals surface area contributed by atoms with E-state index in [1.54, 1.807) is 36.2 Å². The van der Waals surface area contributed by atoms with Gasteiger partial charge in [0.05, 0.1) is 6.61 Å². The molecule has 0 saturated carbocycles. The lowest BCUT2D eigenvalue weighted by Gasteiger charge is -2.14. The van der Waals surface area contributed by atoms with Crippen LogP contribution in [0.1, 0.15) is 55.8 Å². The second-order valence-electron chi connectivity index (χ2n) is 7.76. The number of likely N-dealkylation sites (N-methyl/N-ethyl adjacent to an activating group) is 2. The molecule has 35 heavy (non-hydrogen) atoms. The minimum absolute atomic E-state index is 0.0368. The Bertz CT molecular complexity index is 793. The van der Waals surface area contributed by atoms with Crippen molar-refractivity contribution < 1.29 is 28.7 Å². The van der Waals surface area contributed by atoms with E-state index in [4.69, 9.17) is 4.74 Å². The number of carbonyl (C=O) groups excluding carboxylic acids is 5. The molecule has 1 aromatic carbocycles. The number of nitrogens with zero attached hydrogens (tertiary/aromatic N) is 1. The zero-order valence-corrected chi connectivity index (χ0v) is 21.1. The largest absolute Gasteiger partial charge is 0.494 e. The van der Waals surface area contributed by atoms with Crippen LogP contribution in [0.4, 0.5) is 0 Å². The summed E-state index contributed by atoms with van der Waals surface area (Å²) >= 11 is 0. The van der Waals surface area contributed by atoms with E-state index in [-0.39, 0.29) is 17.6 Å². The van der Waals surface area contributed by atoms with E-state index in [1.807, 2.05) is 7.05 Å². The summed E-state index contributed by atoms with van der Waals surface area (Å²) in [6.45, 7) is 4.08. The van der Waals surface area contributed by atoms with Crippen molar-refractivity contribution in [1.82, 2.24) is 15.5 Å². The van der Waals surface area contributed by atoms with Gasteiger partial charge >= 0.3 is 0 Å². The second kappa shape index (κ2) is 21.2. The Morgan fingerprint density at radius 3 is 2.31 bits per heavy atom. The molecule has 0 aliphatic rings. The lowest BCUT2D eigenvalue weighted by atomic mass is 10.1. The van der Waals surface area contributed by atoms with Crippen LogP contribution in [0.25, 0.3) is 0 Å². The summed E-state index contributed by atoms with van der Waals surface area (Å²) in [5.41, 5.74) is 0.668. The third-order valence-electron chi connectivity index (χ3n) is 4.78. The first-order valence-corrected chi connectivity index (χ1v) is 11.8. The molecule has 2 N–H and O–H groups in total. The first-order chi connectivity index (χ1) is 16.8. The number of hydrogen-bond acceptors (Lipinski definition) is 7. The monoisotopic (exact) mass is 489 g/mol. The van der Waals surface area contributed by atoms with E-state index >= 15 is 0 Å². The van der Waals surface area contributed by atoms with Gasteiger partial charge in [-0.3, -0.25) is 19.2 Å². The SMILES string of the molecule is CN(CCCCCC=O)C(=O)/C=C\C=O.CNCCNC(=O)CCCOc1ccc(C(C)=O)cc1. The van der Waals surface area contributed by atoms with Gasteiger partial charge in [0.25, 0.3) is 0 Å². The summed E-state index contributed by atoms with van der Waals surface area (Å²) in [7, 11) is 3.54. The number of nitrogens with one attached hydrogen (secondary N) is 2. The van der Waals surface area contributed by atoms with Crippen molar-refractivity contribution in [2.75, 3.05) is 40.3 Å². The van der Waals surface area contributed by atoms with Gasteiger partial charge in [-0.15, -0.1) is 0 Å². The molecule has 0 radical (unpaired) electrons. The molecule has 9 heteroatoms. The average molecular weight is 490 g/mol. The fourth-order valence-electron chi connectivity index (χ4n) is 2.74. The van der Waals surface area contributed by atoms with Crippen LogP contribution in [-0.2, 0) is 19.2 Å². The second-order valence-corrected chi connectivity index (χ2v) is 7.76. The van der Waals surface area contributed by atoms with Gasteiger partial charge in [0.2, 0.25) is 11.8 Å². The van der Waals surface area contributed by atoms with Crippen LogP contribution in [0.3, 0.4) is 0 Å². The Labute approximate surface area is 208 Å². The quantitative estimate of drug-likeness (QED) is 0.149. The van der Waals surface area contributed by atoms with Crippen molar-refractivity contribution >= 4 is 30.2 Å². The maximum absolute atomic E-state index is 11.4. The Morgan fingerprint density at radius 2 is 1.71 bits per heavy atom. The maximum atomic E-state index is 11.4. The van der Waals surface area contributed by atoms with Crippen molar-refractivity contribution in [3.8, 4) is 5.75 Å². The lowest BCUT2D eigenvalue weighted by molar-refractivity contribution is -0.125. The van der Waals surface area contributed by atoms with Gasteiger partial charge < -0.3 is 25.1 Å². The summed E-state index contributed by atoms with van der Waals surface area (Å²) in [4.78, 5) is 55.3.